The molecule has 0 aliphatic carbocycles. The van der Waals surface area contributed by atoms with Crippen LogP contribution in [0.1, 0.15) is 31.5 Å². The molecule has 3 rings (SSSR count). The van der Waals surface area contributed by atoms with Crippen LogP contribution in [-0.4, -0.2) is 53.6 Å². The second-order valence-electron chi connectivity index (χ2n) is 8.60. The number of H-pyrrole nitrogens is 1. The van der Waals surface area contributed by atoms with E-state index in [0.717, 1.165) is 16.9 Å². The maximum atomic E-state index is 11.7. The summed E-state index contributed by atoms with van der Waals surface area (Å²) in [6.45, 7) is 7.45. The smallest absolute Gasteiger partial charge is 0.266 e. The largest absolute Gasteiger partial charge is 0.493 e. The molecular weight excluding hydrogens is 460 g/mol. The Morgan fingerprint density at radius 3 is 2.42 bits per heavy atom. The van der Waals surface area contributed by atoms with Crippen molar-refractivity contribution < 1.29 is 19.3 Å². The van der Waals surface area contributed by atoms with Crippen LogP contribution in [0.3, 0.4) is 0 Å². The summed E-state index contributed by atoms with van der Waals surface area (Å²) in [5.74, 6) is 1.87. The lowest BCUT2D eigenvalue weighted by atomic mass is 10.0. The molecular formula is C27H32N4O5. The molecule has 3 N–H and O–H groups in total. The first kappa shape index (κ1) is 26.7. The highest BCUT2D eigenvalue weighted by atomic mass is 16.5. The number of benzene rings is 1. The minimum atomic E-state index is -0.571. The Morgan fingerprint density at radius 2 is 1.78 bits per heavy atom. The lowest BCUT2D eigenvalue weighted by molar-refractivity contribution is 0.104. The van der Waals surface area contributed by atoms with Crippen molar-refractivity contribution in [1.29, 1.82) is 5.26 Å². The molecule has 36 heavy (non-hydrogen) atoms. The van der Waals surface area contributed by atoms with Crippen molar-refractivity contribution in [2.24, 2.45) is 0 Å². The summed E-state index contributed by atoms with van der Waals surface area (Å²) in [7, 11) is 0. The van der Waals surface area contributed by atoms with E-state index in [-0.39, 0.29) is 12.2 Å². The Balaban J connectivity index is 1.38. The molecule has 0 spiro atoms. The van der Waals surface area contributed by atoms with Crippen LogP contribution in [0.4, 0.5) is 0 Å². The van der Waals surface area contributed by atoms with E-state index < -0.39 is 11.7 Å². The van der Waals surface area contributed by atoms with Crippen molar-refractivity contribution >= 4 is 0 Å². The molecule has 0 radical (unpaired) electrons. The zero-order valence-electron chi connectivity index (χ0n) is 20.8. The zero-order valence-corrected chi connectivity index (χ0v) is 20.8. The predicted molar refractivity (Wildman–Crippen MR) is 136 cm³/mol. The molecule has 0 saturated carbocycles. The van der Waals surface area contributed by atoms with Gasteiger partial charge in [0.25, 0.3) is 5.56 Å². The van der Waals surface area contributed by atoms with Crippen LogP contribution < -0.4 is 25.1 Å². The number of nitriles is 1. The van der Waals surface area contributed by atoms with Crippen LogP contribution in [0.5, 0.6) is 17.4 Å². The van der Waals surface area contributed by atoms with E-state index >= 15 is 0 Å². The monoisotopic (exact) mass is 492 g/mol. The molecule has 3 aromatic rings. The Kier molecular flexibility index (Phi) is 9.86. The van der Waals surface area contributed by atoms with Crippen molar-refractivity contribution in [3.05, 3.63) is 70.3 Å². The molecule has 0 fully saturated rings. The fourth-order valence-corrected chi connectivity index (χ4v) is 3.31. The molecule has 0 aliphatic rings. The van der Waals surface area contributed by atoms with E-state index in [4.69, 9.17) is 19.5 Å². The van der Waals surface area contributed by atoms with Crippen LogP contribution >= 0.6 is 0 Å². The minimum absolute atomic E-state index is 0.0616. The Morgan fingerprint density at radius 1 is 1.08 bits per heavy atom. The normalized spacial score (nSPS) is 11.7. The van der Waals surface area contributed by atoms with E-state index in [0.29, 0.717) is 49.5 Å². The summed E-state index contributed by atoms with van der Waals surface area (Å²) in [4.78, 5) is 18.7. The number of aromatic amines is 1. The van der Waals surface area contributed by atoms with Crippen molar-refractivity contribution in [3.63, 3.8) is 0 Å². The molecule has 0 amide bonds. The van der Waals surface area contributed by atoms with Gasteiger partial charge >= 0.3 is 0 Å². The number of pyridine rings is 2. The molecule has 0 unspecified atom stereocenters. The fourth-order valence-electron chi connectivity index (χ4n) is 3.31. The number of rotatable bonds is 13. The van der Waals surface area contributed by atoms with Gasteiger partial charge in [-0.05, 0) is 43.3 Å². The van der Waals surface area contributed by atoms with Gasteiger partial charge in [-0.15, -0.1) is 0 Å². The third kappa shape index (κ3) is 8.12. The SMILES string of the molecule is Cc1[nH]c(=O)c(C#N)cc1-c1ccc(OCCCOc2ccc(OC[C@@H](O)CNC(C)C)cc2)nc1. The van der Waals surface area contributed by atoms with Crippen LogP contribution in [0.2, 0.25) is 0 Å². The standard InChI is InChI=1S/C27H32N4O5/c1-18(2)29-16-22(32)17-36-24-8-6-23(7-9-24)34-11-4-12-35-26-10-5-20(15-30-26)25-13-21(14-28)27(33)31-19(25)3/h5-10,13,15,18,22,29,32H,4,11-12,16-17H2,1-3H3,(H,31,33)/t22-/m0/s1. The molecule has 1 atom stereocenters. The van der Waals surface area contributed by atoms with Crippen molar-refractivity contribution in [3.8, 4) is 34.6 Å². The van der Waals surface area contributed by atoms with Gasteiger partial charge in [0.2, 0.25) is 5.88 Å². The summed E-state index contributed by atoms with van der Waals surface area (Å²) in [5, 5.41) is 22.2. The van der Waals surface area contributed by atoms with Gasteiger partial charge in [0, 0.05) is 48.1 Å². The topological polar surface area (TPSA) is 129 Å². The summed E-state index contributed by atoms with van der Waals surface area (Å²) in [6.07, 6.45) is 1.75. The number of aryl methyl sites for hydroxylation is 1. The fraction of sp³-hybridized carbons (Fsp3) is 0.370. The van der Waals surface area contributed by atoms with Gasteiger partial charge in [-0.2, -0.15) is 5.26 Å². The van der Waals surface area contributed by atoms with Gasteiger partial charge in [-0.3, -0.25) is 4.79 Å². The second kappa shape index (κ2) is 13.3. The summed E-state index contributed by atoms with van der Waals surface area (Å²) >= 11 is 0. The average Bonchev–Trinajstić information content (AvgIpc) is 2.87. The third-order valence-electron chi connectivity index (χ3n) is 5.24. The Bertz CT molecular complexity index is 1200. The lowest BCUT2D eigenvalue weighted by Gasteiger charge is -2.15. The molecule has 2 aromatic heterocycles. The molecule has 0 bridgehead atoms. The van der Waals surface area contributed by atoms with Gasteiger partial charge in [0.05, 0.1) is 13.2 Å². The van der Waals surface area contributed by atoms with E-state index in [1.165, 1.54) is 0 Å². The van der Waals surface area contributed by atoms with Gasteiger partial charge in [-0.1, -0.05) is 13.8 Å². The summed E-state index contributed by atoms with van der Waals surface area (Å²) < 4.78 is 17.0. The molecule has 0 aliphatic heterocycles. The van der Waals surface area contributed by atoms with Crippen molar-refractivity contribution in [2.45, 2.75) is 39.3 Å². The number of aliphatic hydroxyl groups is 1. The highest BCUT2D eigenvalue weighted by Gasteiger charge is 2.09. The van der Waals surface area contributed by atoms with E-state index in [2.05, 4.69) is 15.3 Å². The first-order valence-corrected chi connectivity index (χ1v) is 11.9. The molecule has 190 valence electrons. The highest BCUT2D eigenvalue weighted by molar-refractivity contribution is 5.66. The molecule has 1 aromatic carbocycles. The quantitative estimate of drug-likeness (QED) is 0.310. The van der Waals surface area contributed by atoms with Crippen molar-refractivity contribution in [1.82, 2.24) is 15.3 Å². The van der Waals surface area contributed by atoms with Gasteiger partial charge in [-0.25, -0.2) is 4.98 Å². The second-order valence-corrected chi connectivity index (χ2v) is 8.60. The minimum Gasteiger partial charge on any atom is -0.493 e. The first-order chi connectivity index (χ1) is 17.4. The highest BCUT2D eigenvalue weighted by Crippen LogP contribution is 2.23. The Hall–Kier alpha value is -3.87. The average molecular weight is 493 g/mol. The molecule has 9 nitrogen and oxygen atoms in total. The molecule has 2 heterocycles. The Labute approximate surface area is 210 Å². The number of hydrogen-bond donors (Lipinski definition) is 3. The number of ether oxygens (including phenoxy) is 3. The maximum absolute atomic E-state index is 11.7. The number of aromatic nitrogens is 2. The third-order valence-corrected chi connectivity index (χ3v) is 5.24. The number of aliphatic hydroxyl groups excluding tert-OH is 1. The first-order valence-electron chi connectivity index (χ1n) is 11.9. The lowest BCUT2D eigenvalue weighted by Crippen LogP contribution is -2.35. The van der Waals surface area contributed by atoms with Gasteiger partial charge in [0.15, 0.2) is 0 Å². The van der Waals surface area contributed by atoms with Crippen LogP contribution in [0.25, 0.3) is 11.1 Å². The number of nitrogens with zero attached hydrogens (tertiary/aromatic N) is 2. The summed E-state index contributed by atoms with van der Waals surface area (Å²) in [5.41, 5.74) is 1.86. The van der Waals surface area contributed by atoms with Crippen LogP contribution in [0.15, 0.2) is 53.5 Å². The molecule has 9 heteroatoms. The van der Waals surface area contributed by atoms with Crippen LogP contribution in [-0.2, 0) is 0 Å². The maximum Gasteiger partial charge on any atom is 0.266 e. The summed E-state index contributed by atoms with van der Waals surface area (Å²) in [6, 6.07) is 14.6. The van der Waals surface area contributed by atoms with Gasteiger partial charge < -0.3 is 29.6 Å². The van der Waals surface area contributed by atoms with E-state index in [1.807, 2.05) is 50.2 Å². The van der Waals surface area contributed by atoms with Crippen molar-refractivity contribution in [2.75, 3.05) is 26.4 Å². The van der Waals surface area contributed by atoms with Gasteiger partial charge in [0.1, 0.15) is 35.8 Å². The number of hydrogen-bond acceptors (Lipinski definition) is 8. The van der Waals surface area contributed by atoms with E-state index in [9.17, 15) is 9.90 Å². The van der Waals surface area contributed by atoms with E-state index in [1.54, 1.807) is 25.3 Å². The zero-order chi connectivity index (χ0) is 25.9. The predicted octanol–water partition coefficient (Wildman–Crippen LogP) is 3.20. The number of nitrogens with one attached hydrogen (secondary N) is 2. The van der Waals surface area contributed by atoms with Crippen LogP contribution in [0, 0.1) is 18.3 Å². The molecule has 0 saturated heterocycles.